The molecule has 2 rings (SSSR count). The molecule has 6 nitrogen and oxygen atoms in total. The van der Waals surface area contributed by atoms with Gasteiger partial charge in [0, 0.05) is 31.5 Å². The van der Waals surface area contributed by atoms with Gasteiger partial charge in [-0.05, 0) is 49.8 Å². The van der Waals surface area contributed by atoms with Gasteiger partial charge in [-0.15, -0.1) is 0 Å². The predicted molar refractivity (Wildman–Crippen MR) is 95.7 cm³/mol. The van der Waals surface area contributed by atoms with Gasteiger partial charge in [0.2, 0.25) is 0 Å². The van der Waals surface area contributed by atoms with Crippen molar-refractivity contribution in [3.63, 3.8) is 0 Å². The highest BCUT2D eigenvalue weighted by Crippen LogP contribution is 2.08. The van der Waals surface area contributed by atoms with Gasteiger partial charge in [-0.25, -0.2) is 0 Å². The zero-order valence-corrected chi connectivity index (χ0v) is 14.3. The number of carbonyl (C=O) groups excluding carboxylic acids is 1. The Morgan fingerprint density at radius 3 is 2.61 bits per heavy atom. The van der Waals surface area contributed by atoms with E-state index in [1.807, 2.05) is 45.2 Å². The molecule has 0 bridgehead atoms. The number of aryl methyl sites for hydroxylation is 3. The Balaban J connectivity index is 1.70. The lowest BCUT2D eigenvalue weighted by molar-refractivity contribution is 0.0948. The number of amides is 1. The van der Waals surface area contributed by atoms with Crippen LogP contribution in [0.1, 0.15) is 21.7 Å². The van der Waals surface area contributed by atoms with Crippen molar-refractivity contribution < 1.29 is 4.79 Å². The van der Waals surface area contributed by atoms with Crippen LogP contribution in [0.4, 0.5) is 5.69 Å². The normalized spacial score (nSPS) is 10.2. The number of hydrogen-bond acceptors (Lipinski definition) is 3. The van der Waals surface area contributed by atoms with Crippen LogP contribution in [0.5, 0.6) is 0 Å². The zero-order valence-electron chi connectivity index (χ0n) is 13.5. The zero-order chi connectivity index (χ0) is 16.8. The largest absolute Gasteiger partial charge is 0.361 e. The third-order valence-corrected chi connectivity index (χ3v) is 3.56. The molecule has 0 saturated heterocycles. The number of nitrogens with zero attached hydrogens (tertiary/aromatic N) is 2. The highest BCUT2D eigenvalue weighted by Gasteiger charge is 2.09. The van der Waals surface area contributed by atoms with Crippen LogP contribution in [0.2, 0.25) is 0 Å². The first-order valence-electron chi connectivity index (χ1n) is 7.36. The summed E-state index contributed by atoms with van der Waals surface area (Å²) in [5.41, 5.74) is 3.47. The fourth-order valence-corrected chi connectivity index (χ4v) is 2.23. The first-order chi connectivity index (χ1) is 11.0. The van der Waals surface area contributed by atoms with Crippen molar-refractivity contribution in [2.75, 3.05) is 18.4 Å². The second-order valence-corrected chi connectivity index (χ2v) is 5.71. The number of anilines is 1. The summed E-state index contributed by atoms with van der Waals surface area (Å²) in [5.74, 6) is -0.187. The molecular weight excluding hydrogens is 310 g/mol. The van der Waals surface area contributed by atoms with Crippen molar-refractivity contribution in [1.29, 1.82) is 0 Å². The SMILES string of the molecule is Cc1cccc(NC(=S)NCCNC(=O)c2cc(C)n(C)n2)c1. The molecule has 0 fully saturated rings. The molecule has 0 radical (unpaired) electrons. The molecule has 0 aliphatic rings. The molecule has 0 unspecified atom stereocenters. The van der Waals surface area contributed by atoms with Gasteiger partial charge in [-0.2, -0.15) is 5.10 Å². The number of benzene rings is 1. The summed E-state index contributed by atoms with van der Waals surface area (Å²) in [6, 6.07) is 9.71. The van der Waals surface area contributed by atoms with Gasteiger partial charge >= 0.3 is 0 Å². The van der Waals surface area contributed by atoms with Gasteiger partial charge in [0.25, 0.3) is 5.91 Å². The third kappa shape index (κ3) is 5.07. The Hall–Kier alpha value is -2.41. The molecule has 0 atom stereocenters. The minimum Gasteiger partial charge on any atom is -0.361 e. The van der Waals surface area contributed by atoms with Crippen LogP contribution >= 0.6 is 12.2 Å². The minimum atomic E-state index is -0.187. The van der Waals surface area contributed by atoms with Crippen LogP contribution in [0.25, 0.3) is 0 Å². The van der Waals surface area contributed by atoms with Gasteiger partial charge in [0.05, 0.1) is 0 Å². The van der Waals surface area contributed by atoms with E-state index >= 15 is 0 Å². The molecule has 122 valence electrons. The maximum atomic E-state index is 11.9. The van der Waals surface area contributed by atoms with E-state index in [0.29, 0.717) is 23.9 Å². The van der Waals surface area contributed by atoms with Crippen molar-refractivity contribution in [3.05, 3.63) is 47.3 Å². The van der Waals surface area contributed by atoms with Crippen LogP contribution in [0.3, 0.4) is 0 Å². The summed E-state index contributed by atoms with van der Waals surface area (Å²) in [5, 5.41) is 13.6. The molecule has 0 aliphatic heterocycles. The third-order valence-electron chi connectivity index (χ3n) is 3.32. The van der Waals surface area contributed by atoms with Gasteiger partial charge in [-0.1, -0.05) is 12.1 Å². The van der Waals surface area contributed by atoms with E-state index in [-0.39, 0.29) is 5.91 Å². The van der Waals surface area contributed by atoms with E-state index in [4.69, 9.17) is 12.2 Å². The Morgan fingerprint density at radius 2 is 1.96 bits per heavy atom. The first-order valence-corrected chi connectivity index (χ1v) is 7.77. The fraction of sp³-hybridized carbons (Fsp3) is 0.312. The summed E-state index contributed by atoms with van der Waals surface area (Å²) in [4.78, 5) is 11.9. The molecule has 1 amide bonds. The van der Waals surface area contributed by atoms with E-state index in [0.717, 1.165) is 16.9 Å². The summed E-state index contributed by atoms with van der Waals surface area (Å²) in [6.07, 6.45) is 0. The molecule has 23 heavy (non-hydrogen) atoms. The number of nitrogens with one attached hydrogen (secondary N) is 3. The van der Waals surface area contributed by atoms with Crippen LogP contribution in [-0.4, -0.2) is 33.9 Å². The first kappa shape index (κ1) is 17.0. The minimum absolute atomic E-state index is 0.187. The number of aromatic nitrogens is 2. The van der Waals surface area contributed by atoms with Gasteiger partial charge in [-0.3, -0.25) is 9.48 Å². The maximum absolute atomic E-state index is 11.9. The molecule has 2 aromatic rings. The molecule has 1 heterocycles. The smallest absolute Gasteiger partial charge is 0.271 e. The molecule has 1 aromatic carbocycles. The average Bonchev–Trinajstić information content (AvgIpc) is 2.83. The Bertz CT molecular complexity index is 691. The molecule has 0 spiro atoms. The Morgan fingerprint density at radius 1 is 1.22 bits per heavy atom. The second kappa shape index (κ2) is 7.73. The molecule has 7 heteroatoms. The molecule has 0 saturated carbocycles. The molecule has 3 N–H and O–H groups in total. The van der Waals surface area contributed by atoms with Gasteiger partial charge < -0.3 is 16.0 Å². The summed E-state index contributed by atoms with van der Waals surface area (Å²) in [6.45, 7) is 4.93. The molecule has 1 aromatic heterocycles. The predicted octanol–water partition coefficient (Wildman–Crippen LogP) is 1.75. The van der Waals surface area contributed by atoms with E-state index in [1.165, 1.54) is 0 Å². The topological polar surface area (TPSA) is 71.0 Å². The van der Waals surface area contributed by atoms with Crippen molar-refractivity contribution in [1.82, 2.24) is 20.4 Å². The summed E-state index contributed by atoms with van der Waals surface area (Å²) >= 11 is 5.22. The van der Waals surface area contributed by atoms with Crippen LogP contribution in [0.15, 0.2) is 30.3 Å². The lowest BCUT2D eigenvalue weighted by atomic mass is 10.2. The van der Waals surface area contributed by atoms with E-state index in [1.54, 1.807) is 10.7 Å². The van der Waals surface area contributed by atoms with Crippen molar-refractivity contribution in [2.24, 2.45) is 7.05 Å². The van der Waals surface area contributed by atoms with E-state index in [2.05, 4.69) is 21.0 Å². The lowest BCUT2D eigenvalue weighted by Crippen LogP contribution is -2.36. The van der Waals surface area contributed by atoms with Crippen molar-refractivity contribution >= 4 is 28.9 Å². The molecule has 0 aliphatic carbocycles. The summed E-state index contributed by atoms with van der Waals surface area (Å²) < 4.78 is 1.67. The van der Waals surface area contributed by atoms with Crippen LogP contribution < -0.4 is 16.0 Å². The Labute approximate surface area is 141 Å². The van der Waals surface area contributed by atoms with Crippen LogP contribution in [-0.2, 0) is 7.05 Å². The fourth-order valence-electron chi connectivity index (χ4n) is 2.01. The quantitative estimate of drug-likeness (QED) is 0.575. The van der Waals surface area contributed by atoms with Crippen molar-refractivity contribution in [2.45, 2.75) is 13.8 Å². The van der Waals surface area contributed by atoms with E-state index in [9.17, 15) is 4.79 Å². The highest BCUT2D eigenvalue weighted by molar-refractivity contribution is 7.80. The van der Waals surface area contributed by atoms with Gasteiger partial charge in [0.1, 0.15) is 5.69 Å². The van der Waals surface area contributed by atoms with E-state index < -0.39 is 0 Å². The maximum Gasteiger partial charge on any atom is 0.271 e. The standard InChI is InChI=1S/C16H21N5OS/c1-11-5-4-6-13(9-11)19-16(23)18-8-7-17-15(22)14-10-12(2)21(3)20-14/h4-6,9-10H,7-8H2,1-3H3,(H,17,22)(H2,18,19,23). The average molecular weight is 331 g/mol. The number of hydrogen-bond donors (Lipinski definition) is 3. The van der Waals surface area contributed by atoms with Crippen LogP contribution in [0, 0.1) is 13.8 Å². The monoisotopic (exact) mass is 331 g/mol. The number of thiocarbonyl (C=S) groups is 1. The van der Waals surface area contributed by atoms with Gasteiger partial charge in [0.15, 0.2) is 5.11 Å². The summed E-state index contributed by atoms with van der Waals surface area (Å²) in [7, 11) is 1.81. The molecular formula is C16H21N5OS. The Kier molecular flexibility index (Phi) is 5.70. The lowest BCUT2D eigenvalue weighted by Gasteiger charge is -2.11. The highest BCUT2D eigenvalue weighted by atomic mass is 32.1. The number of carbonyl (C=O) groups is 1. The number of rotatable bonds is 5. The van der Waals surface area contributed by atoms with Crippen molar-refractivity contribution in [3.8, 4) is 0 Å². The second-order valence-electron chi connectivity index (χ2n) is 5.30.